The summed E-state index contributed by atoms with van der Waals surface area (Å²) in [5.41, 5.74) is 4.08. The van der Waals surface area contributed by atoms with Gasteiger partial charge in [0, 0.05) is 13.0 Å². The van der Waals surface area contributed by atoms with Crippen molar-refractivity contribution in [2.75, 3.05) is 13.1 Å². The minimum Gasteiger partial charge on any atom is -0.303 e. The van der Waals surface area contributed by atoms with Crippen LogP contribution >= 0.6 is 0 Å². The summed E-state index contributed by atoms with van der Waals surface area (Å²) in [7, 11) is 0. The lowest BCUT2D eigenvalue weighted by Crippen LogP contribution is -2.29. The highest BCUT2D eigenvalue weighted by Crippen LogP contribution is 2.20. The van der Waals surface area contributed by atoms with Crippen molar-refractivity contribution in [2.24, 2.45) is 0 Å². The summed E-state index contributed by atoms with van der Waals surface area (Å²) >= 11 is 0. The number of piperidine rings is 1. The van der Waals surface area contributed by atoms with Gasteiger partial charge in [0.15, 0.2) is 0 Å². The van der Waals surface area contributed by atoms with Gasteiger partial charge in [-0.25, -0.2) is 4.98 Å². The predicted molar refractivity (Wildman–Crippen MR) is 139 cm³/mol. The fourth-order valence-corrected chi connectivity index (χ4v) is 5.19. The number of nitrogens with zero attached hydrogens (tertiary/aromatic N) is 3. The summed E-state index contributed by atoms with van der Waals surface area (Å²) in [6, 6.07) is 14.0. The molecule has 0 spiro atoms. The standard InChI is InChI=1S/C29H35N3O3/c1-22-30-27-12-6-10-25(28(27)29(35)32(22)26(21-34)11-7-19-33)9-5-8-23-13-15-24(16-14-23)20-31-17-3-2-4-18-31/h6,10,12-16,19,21,26H,2-5,7-9,11,17-18,20H2,1H3. The summed E-state index contributed by atoms with van der Waals surface area (Å²) in [6.45, 7) is 5.17. The zero-order valence-electron chi connectivity index (χ0n) is 20.6. The summed E-state index contributed by atoms with van der Waals surface area (Å²) in [4.78, 5) is 43.1. The Hall–Kier alpha value is -3.12. The summed E-state index contributed by atoms with van der Waals surface area (Å²) in [5, 5.41) is 0.577. The second kappa shape index (κ2) is 12.0. The van der Waals surface area contributed by atoms with E-state index in [1.807, 2.05) is 18.2 Å². The van der Waals surface area contributed by atoms with Crippen molar-refractivity contribution in [2.45, 2.75) is 70.9 Å². The first-order valence-corrected chi connectivity index (χ1v) is 12.8. The van der Waals surface area contributed by atoms with Crippen molar-refractivity contribution < 1.29 is 9.59 Å². The van der Waals surface area contributed by atoms with Gasteiger partial charge in [0.05, 0.1) is 16.9 Å². The van der Waals surface area contributed by atoms with Crippen LogP contribution in [0.15, 0.2) is 47.3 Å². The van der Waals surface area contributed by atoms with Gasteiger partial charge >= 0.3 is 0 Å². The number of fused-ring (bicyclic) bond motifs is 1. The minimum atomic E-state index is -0.680. The number of carbonyl (C=O) groups excluding carboxylic acids is 2. The fourth-order valence-electron chi connectivity index (χ4n) is 5.19. The first-order chi connectivity index (χ1) is 17.1. The molecule has 1 unspecified atom stereocenters. The van der Waals surface area contributed by atoms with Gasteiger partial charge in [-0.2, -0.15) is 0 Å². The van der Waals surface area contributed by atoms with Crippen molar-refractivity contribution in [1.29, 1.82) is 0 Å². The van der Waals surface area contributed by atoms with Crippen LogP contribution < -0.4 is 5.56 Å². The molecule has 35 heavy (non-hydrogen) atoms. The lowest BCUT2D eigenvalue weighted by atomic mass is 10.00. The van der Waals surface area contributed by atoms with Gasteiger partial charge in [-0.3, -0.25) is 14.3 Å². The number of benzene rings is 2. The third-order valence-corrected chi connectivity index (χ3v) is 7.05. The number of hydrogen-bond donors (Lipinski definition) is 0. The Labute approximate surface area is 207 Å². The van der Waals surface area contributed by atoms with Crippen molar-refractivity contribution in [3.05, 3.63) is 75.3 Å². The van der Waals surface area contributed by atoms with E-state index >= 15 is 0 Å². The molecular formula is C29H35N3O3. The molecule has 0 N–H and O–H groups in total. The Balaban J connectivity index is 1.46. The Bertz CT molecular complexity index is 1210. The van der Waals surface area contributed by atoms with Gasteiger partial charge in [-0.05, 0) is 81.3 Å². The van der Waals surface area contributed by atoms with Gasteiger partial charge in [0.1, 0.15) is 18.4 Å². The highest BCUT2D eigenvalue weighted by Gasteiger charge is 2.18. The third-order valence-electron chi connectivity index (χ3n) is 7.05. The minimum absolute atomic E-state index is 0.201. The molecule has 184 valence electrons. The van der Waals surface area contributed by atoms with Crippen molar-refractivity contribution in [3.63, 3.8) is 0 Å². The van der Waals surface area contributed by atoms with E-state index in [9.17, 15) is 14.4 Å². The molecule has 1 atom stereocenters. The molecule has 0 radical (unpaired) electrons. The molecule has 1 fully saturated rings. The molecule has 2 heterocycles. The molecule has 4 rings (SSSR count). The molecule has 2 aromatic carbocycles. The molecule has 1 aliphatic rings. The maximum atomic E-state index is 13.4. The van der Waals surface area contributed by atoms with Crippen LogP contribution in [0.2, 0.25) is 0 Å². The molecule has 6 nitrogen and oxygen atoms in total. The van der Waals surface area contributed by atoms with E-state index in [0.29, 0.717) is 23.1 Å². The molecule has 3 aromatic rings. The molecule has 1 saturated heterocycles. The van der Waals surface area contributed by atoms with Crippen LogP contribution in [0.3, 0.4) is 0 Å². The number of hydrogen-bond acceptors (Lipinski definition) is 5. The highest BCUT2D eigenvalue weighted by molar-refractivity contribution is 5.81. The highest BCUT2D eigenvalue weighted by atomic mass is 16.1. The second-order valence-electron chi connectivity index (χ2n) is 9.60. The lowest BCUT2D eigenvalue weighted by Gasteiger charge is -2.26. The number of carbonyl (C=O) groups is 2. The van der Waals surface area contributed by atoms with E-state index in [-0.39, 0.29) is 12.0 Å². The van der Waals surface area contributed by atoms with Gasteiger partial charge < -0.3 is 9.59 Å². The maximum Gasteiger partial charge on any atom is 0.262 e. The third kappa shape index (κ3) is 6.12. The number of likely N-dealkylation sites (tertiary alicyclic amines) is 1. The van der Waals surface area contributed by atoms with Crippen LogP contribution in [0.1, 0.15) is 67.1 Å². The second-order valence-corrected chi connectivity index (χ2v) is 9.60. The zero-order valence-corrected chi connectivity index (χ0v) is 20.6. The summed E-state index contributed by atoms with van der Waals surface area (Å²) < 4.78 is 1.45. The number of rotatable bonds is 11. The van der Waals surface area contributed by atoms with Gasteiger partial charge in [-0.1, -0.05) is 42.8 Å². The van der Waals surface area contributed by atoms with E-state index in [4.69, 9.17) is 0 Å². The Morgan fingerprint density at radius 1 is 0.971 bits per heavy atom. The topological polar surface area (TPSA) is 72.3 Å². The Kier molecular flexibility index (Phi) is 8.59. The summed E-state index contributed by atoms with van der Waals surface area (Å²) in [5.74, 6) is 0.493. The molecular weight excluding hydrogens is 438 g/mol. The van der Waals surface area contributed by atoms with Crippen molar-refractivity contribution in [3.8, 4) is 0 Å². The van der Waals surface area contributed by atoms with Crippen LogP contribution in [0.5, 0.6) is 0 Å². The van der Waals surface area contributed by atoms with Crippen LogP contribution in [-0.4, -0.2) is 40.1 Å². The van der Waals surface area contributed by atoms with Gasteiger partial charge in [0.2, 0.25) is 0 Å². The molecule has 0 aliphatic carbocycles. The average molecular weight is 474 g/mol. The van der Waals surface area contributed by atoms with Crippen LogP contribution in [0.4, 0.5) is 0 Å². The van der Waals surface area contributed by atoms with Crippen molar-refractivity contribution >= 4 is 23.5 Å². The zero-order chi connectivity index (χ0) is 24.6. The smallest absolute Gasteiger partial charge is 0.262 e. The van der Waals surface area contributed by atoms with Gasteiger partial charge in [-0.15, -0.1) is 0 Å². The molecule has 1 aliphatic heterocycles. The largest absolute Gasteiger partial charge is 0.303 e. The number of aldehydes is 2. The number of aromatic nitrogens is 2. The van der Waals surface area contributed by atoms with Crippen LogP contribution in [0, 0.1) is 6.92 Å². The average Bonchev–Trinajstić information content (AvgIpc) is 2.87. The lowest BCUT2D eigenvalue weighted by molar-refractivity contribution is -0.111. The predicted octanol–water partition coefficient (Wildman–Crippen LogP) is 4.59. The molecule has 1 aromatic heterocycles. The quantitative estimate of drug-likeness (QED) is 0.381. The molecule has 6 heteroatoms. The maximum absolute atomic E-state index is 13.4. The SMILES string of the molecule is Cc1nc2cccc(CCCc3ccc(CN4CCCCC4)cc3)c2c(=O)n1C(C=O)CCC=O. The first kappa shape index (κ1) is 25.0. The van der Waals surface area contributed by atoms with E-state index in [2.05, 4.69) is 34.1 Å². The molecule has 0 saturated carbocycles. The van der Waals surface area contributed by atoms with Crippen LogP contribution in [0.25, 0.3) is 10.9 Å². The number of aryl methyl sites for hydroxylation is 3. The monoisotopic (exact) mass is 473 g/mol. The fraction of sp³-hybridized carbons (Fsp3) is 0.448. The normalized spacial score (nSPS) is 15.2. The Morgan fingerprint density at radius 2 is 1.71 bits per heavy atom. The molecule has 0 amide bonds. The molecule has 0 bridgehead atoms. The van der Waals surface area contributed by atoms with Gasteiger partial charge in [0.25, 0.3) is 5.56 Å². The van der Waals surface area contributed by atoms with E-state index in [0.717, 1.165) is 43.9 Å². The Morgan fingerprint density at radius 3 is 2.43 bits per heavy atom. The first-order valence-electron chi connectivity index (χ1n) is 12.8. The van der Waals surface area contributed by atoms with E-state index < -0.39 is 6.04 Å². The summed E-state index contributed by atoms with van der Waals surface area (Å²) in [6.07, 6.45) is 8.62. The van der Waals surface area contributed by atoms with E-state index in [1.54, 1.807) is 6.92 Å². The van der Waals surface area contributed by atoms with E-state index in [1.165, 1.54) is 48.0 Å². The van der Waals surface area contributed by atoms with Crippen LogP contribution in [-0.2, 0) is 29.0 Å². The van der Waals surface area contributed by atoms with Crippen molar-refractivity contribution in [1.82, 2.24) is 14.5 Å².